The highest BCUT2D eigenvalue weighted by atomic mass is 13.4. The smallest absolute Gasteiger partial charge is 0.0000000000000853 e. The molecule has 0 saturated carbocycles. The molecule has 0 heterocycles. The second-order valence-electron chi connectivity index (χ2n) is 11.0. The van der Waals surface area contributed by atoms with Crippen molar-refractivity contribution >= 4 is 284 Å². The molecule has 0 amide bonds. The fraction of sp³-hybridized carbons (Fsp3) is 0. The maximum absolute atomic E-state index is 6.54. The first kappa shape index (κ1) is 42.6. The molecule has 0 atom stereocenters. The third kappa shape index (κ3) is 11.4. The van der Waals surface area contributed by atoms with Gasteiger partial charge in [-0.1, -0.05) is 0 Å². The maximum atomic E-state index is 6.54. The lowest BCUT2D eigenvalue weighted by Crippen LogP contribution is -2.92. The topological polar surface area (TPSA) is 0 Å². The zero-order chi connectivity index (χ0) is 32.0. The van der Waals surface area contributed by atoms with Gasteiger partial charge in [0, 0.05) is 0 Å². The Morgan fingerprint density at radius 3 is 0.500 bits per heavy atom. The minimum absolute atomic E-state index is 1.04. The van der Waals surface area contributed by atoms with E-state index >= 15 is 0 Å². The molecule has 0 saturated heterocycles. The molecule has 0 aliphatic heterocycles. The zero-order valence-corrected chi connectivity index (χ0v) is 23.1. The molecule has 0 nitrogen and oxygen atoms in total. The second-order valence-corrected chi connectivity index (χ2v) is 11.0. The van der Waals surface area contributed by atoms with E-state index in [2.05, 4.69) is 0 Å². The first-order valence-corrected chi connectivity index (χ1v) is 13.0. The van der Waals surface area contributed by atoms with E-state index in [1.54, 1.807) is 0 Å². The Morgan fingerprint density at radius 1 is 0.225 bits per heavy atom. The van der Waals surface area contributed by atoms with Gasteiger partial charge in [-0.15, -0.1) is 0 Å². The average Bonchev–Trinajstić information content (AvgIpc) is 2.73. The third-order valence-electron chi connectivity index (χ3n) is 8.00. The van der Waals surface area contributed by atoms with Crippen molar-refractivity contribution in [2.45, 2.75) is 0 Å². The van der Waals surface area contributed by atoms with Crippen LogP contribution in [-0.4, -0.2) is 284 Å². The number of hydrogen-bond donors (Lipinski definition) is 0. The summed E-state index contributed by atoms with van der Waals surface area (Å²) in [5.41, 5.74) is 0. The highest BCUT2D eigenvalue weighted by Gasteiger charge is 2.56. The summed E-state index contributed by atoms with van der Waals surface area (Å²) in [6.45, 7) is 0. The Kier molecular flexibility index (Phi) is 20.6. The zero-order valence-electron chi connectivity index (χ0n) is 23.1. The third-order valence-corrected chi connectivity index (χ3v) is 8.00. The van der Waals surface area contributed by atoms with Gasteiger partial charge in [0.05, 0.1) is 0 Å². The standard InChI is InChI=1S/B40/c1-22(2)32(21)37(31(19)20)40(38(33(23(3)4)24(5)6)34(25(7)8)26(9)10)39(35(27(11)12)28(13)14)36(29(15)16)30(17)18/q-1. The van der Waals surface area contributed by atoms with Crippen LogP contribution >= 0.6 is 0 Å². The lowest BCUT2D eigenvalue weighted by molar-refractivity contribution is 3.21. The van der Waals surface area contributed by atoms with Crippen LogP contribution in [0.2, 0.25) is 0 Å². The van der Waals surface area contributed by atoms with E-state index in [0.29, 0.717) is 0 Å². The summed E-state index contributed by atoms with van der Waals surface area (Å²) >= 11 is 0. The van der Waals surface area contributed by atoms with Crippen molar-refractivity contribution in [2.75, 3.05) is 0 Å². The normalized spacial score (nSPS) is 9.62. The van der Waals surface area contributed by atoms with Crippen LogP contribution in [0.1, 0.15) is 0 Å². The van der Waals surface area contributed by atoms with Gasteiger partial charge in [0.1, 0.15) is 0 Å². The highest BCUT2D eigenvalue weighted by Crippen LogP contribution is 2.18. The van der Waals surface area contributed by atoms with Crippen LogP contribution in [-0.2, 0) is 0 Å². The van der Waals surface area contributed by atoms with Crippen molar-refractivity contribution in [3.8, 4) is 0 Å². The summed E-state index contributed by atoms with van der Waals surface area (Å²) in [7, 11) is 131. The first-order valence-electron chi connectivity index (χ1n) is 13.0. The van der Waals surface area contributed by atoms with Gasteiger partial charge in [-0.2, -0.15) is 0 Å². The molecule has 0 aromatic carbocycles. The van der Waals surface area contributed by atoms with Crippen LogP contribution in [0.3, 0.4) is 0 Å². The number of hydrogen-bond acceptors (Lipinski definition) is 0. The molecule has 0 fully saturated rings. The molecule has 0 aromatic rings. The summed E-state index contributed by atoms with van der Waals surface area (Å²) in [6, 6.07) is 0. The van der Waals surface area contributed by atoms with Gasteiger partial charge in [-0.25, -0.2) is 6.39 Å². The van der Waals surface area contributed by atoms with Crippen LogP contribution in [0.25, 0.3) is 0 Å². The molecule has 0 N–H and O–H groups in total. The summed E-state index contributed by atoms with van der Waals surface area (Å²) in [4.78, 5) is 0. The maximum Gasteiger partial charge on any atom is -0.0000000000000853 e. The van der Waals surface area contributed by atoms with Gasteiger partial charge in [0.25, 0.3) is 0 Å². The SMILES string of the molecule is [B]B([B])B(B([B])[B])B(B(B([B])[B])B([B])[B])B(B(B([B])[B])B([B])B([B])[B-])B(B(B([B])[B])B([B])[B])B(B([B])[B])B([B])[B]. The van der Waals surface area contributed by atoms with Gasteiger partial charge < -0.3 is 7.74 Å². The number of rotatable bonds is 18. The van der Waals surface area contributed by atoms with Crippen molar-refractivity contribution < 1.29 is 0 Å². The van der Waals surface area contributed by atoms with Gasteiger partial charge in [0.2, 0.25) is 0 Å². The van der Waals surface area contributed by atoms with Crippen LogP contribution in [0.15, 0.2) is 0 Å². The van der Waals surface area contributed by atoms with Crippen LogP contribution in [0.5, 0.6) is 0 Å². The van der Waals surface area contributed by atoms with Gasteiger partial charge in [0.15, 0.2) is 0 Å². The van der Waals surface area contributed by atoms with E-state index in [9.17, 15) is 0 Å². The molecule has 0 aliphatic rings. The summed E-state index contributed by atoms with van der Waals surface area (Å²) in [5, 5.41) is 0. The minimum atomic E-state index is -1.25. The van der Waals surface area contributed by atoms with Crippen molar-refractivity contribution in [3.63, 3.8) is 0 Å². The quantitative estimate of drug-likeness (QED) is 0.189. The highest BCUT2D eigenvalue weighted by molar-refractivity contribution is 8.32. The van der Waals surface area contributed by atoms with E-state index in [1.165, 1.54) is 0 Å². The molecular weight excluding hydrogens is 432 g/mol. The predicted octanol–water partition coefficient (Wildman–Crippen LogP) is -15.2. The molecule has 0 rings (SSSR count). The van der Waals surface area contributed by atoms with Crippen molar-refractivity contribution in [3.05, 3.63) is 0 Å². The molecule has 0 aliphatic carbocycles. The predicted molar refractivity (Wildman–Crippen MR) is 230 cm³/mol. The van der Waals surface area contributed by atoms with Crippen molar-refractivity contribution in [1.82, 2.24) is 0 Å². The summed E-state index contributed by atoms with van der Waals surface area (Å²) in [5.74, 6) is 0. The Labute approximate surface area is 282 Å². The Morgan fingerprint density at radius 2 is 0.375 bits per heavy atom. The molecule has 0 unspecified atom stereocenters. The minimum Gasteiger partial charge on any atom is -0.687 e. The molecule has 0 aromatic heterocycles. The second kappa shape index (κ2) is 19.3. The molecule has 40 heavy (non-hydrogen) atoms. The molecular formula is B40-. The average molecular weight is 432 g/mol. The molecule has 0 bridgehead atoms. The van der Waals surface area contributed by atoms with E-state index in [1.807, 2.05) is 0 Å². The Hall–Kier alpha value is 2.60. The summed E-state index contributed by atoms with van der Waals surface area (Å²) in [6.07, 6.45) is -21.7. The van der Waals surface area contributed by atoms with E-state index in [-0.39, 0.29) is 0 Å². The van der Waals surface area contributed by atoms with Crippen LogP contribution in [0.4, 0.5) is 0 Å². The summed E-state index contributed by atoms with van der Waals surface area (Å²) < 4.78 is 0. The van der Waals surface area contributed by atoms with E-state index in [4.69, 9.17) is 162 Å². The molecule has 121 valence electrons. The fourth-order valence-corrected chi connectivity index (χ4v) is 6.42. The molecule has 43 radical (unpaired) electrons. The van der Waals surface area contributed by atoms with Gasteiger partial charge in [-0.3, -0.25) is 0 Å². The lowest BCUT2D eigenvalue weighted by Gasteiger charge is -2.55. The van der Waals surface area contributed by atoms with Gasteiger partial charge >= 0.3 is 0 Å². The molecule has 40 heteroatoms. The first-order chi connectivity index (χ1) is 18.1. The monoisotopic (exact) mass is 440 g/mol. The Bertz CT molecular complexity index is 529. The largest absolute Gasteiger partial charge is 0.687 e. The fourth-order valence-electron chi connectivity index (χ4n) is 6.42. The van der Waals surface area contributed by atoms with Crippen molar-refractivity contribution in [2.24, 2.45) is 0 Å². The lowest BCUT2D eigenvalue weighted by atomic mass is 8.27. The van der Waals surface area contributed by atoms with Crippen LogP contribution in [0, 0.1) is 0 Å². The van der Waals surface area contributed by atoms with E-state index in [0.717, 1.165) is 0 Å². The van der Waals surface area contributed by atoms with Crippen LogP contribution < -0.4 is 0 Å². The Balaban J connectivity index is 8.34. The molecule has 0 spiro atoms. The van der Waals surface area contributed by atoms with E-state index < -0.39 is 121 Å². The van der Waals surface area contributed by atoms with Crippen molar-refractivity contribution in [1.29, 1.82) is 0 Å². The van der Waals surface area contributed by atoms with Gasteiger partial charge in [-0.05, 0) is 270 Å².